The molecule has 9 heavy (non-hydrogen) atoms. The zero-order valence-electron chi connectivity index (χ0n) is 4.97. The summed E-state index contributed by atoms with van der Waals surface area (Å²) in [5.74, 6) is 0. The highest BCUT2D eigenvalue weighted by Crippen LogP contribution is 2.03. The van der Waals surface area contributed by atoms with Crippen LogP contribution in [0.25, 0.3) is 0 Å². The first-order valence-corrected chi connectivity index (χ1v) is 3.20. The molecule has 3 nitrogen and oxygen atoms in total. The highest BCUT2D eigenvalue weighted by Gasteiger charge is 2.13. The third kappa shape index (κ3) is 1.84. The van der Waals surface area contributed by atoms with Gasteiger partial charge in [0.2, 0.25) is 0 Å². The monoisotopic (exact) mass is 149 g/mol. The van der Waals surface area contributed by atoms with Crippen molar-refractivity contribution in [1.82, 2.24) is 4.90 Å². The van der Waals surface area contributed by atoms with Gasteiger partial charge in [0.25, 0.3) is 0 Å². The first-order chi connectivity index (χ1) is 4.30. The fourth-order valence-corrected chi connectivity index (χ4v) is 0.869. The third-order valence-electron chi connectivity index (χ3n) is 1.21. The van der Waals surface area contributed by atoms with E-state index < -0.39 is 5.37 Å². The van der Waals surface area contributed by atoms with Crippen molar-refractivity contribution < 1.29 is 9.53 Å². The number of carbonyl (C=O) groups is 1. The van der Waals surface area contributed by atoms with E-state index in [1.807, 2.05) is 0 Å². The molecule has 0 aromatic carbocycles. The number of hydrogen-bond acceptors (Lipinski definition) is 2. The second-order valence-corrected chi connectivity index (χ2v) is 2.23. The fourth-order valence-electron chi connectivity index (χ4n) is 0.735. The van der Waals surface area contributed by atoms with Gasteiger partial charge in [-0.3, -0.25) is 4.79 Å². The molecule has 0 aliphatic carbocycles. The van der Waals surface area contributed by atoms with Gasteiger partial charge in [-0.2, -0.15) is 0 Å². The minimum atomic E-state index is -0.422. The summed E-state index contributed by atoms with van der Waals surface area (Å²) >= 11 is 5.16. The van der Waals surface area contributed by atoms with E-state index in [0.717, 1.165) is 19.6 Å². The van der Waals surface area contributed by atoms with Crippen molar-refractivity contribution in [3.63, 3.8) is 0 Å². The van der Waals surface area contributed by atoms with Gasteiger partial charge in [0.05, 0.1) is 6.61 Å². The molecule has 0 aromatic heterocycles. The van der Waals surface area contributed by atoms with E-state index in [0.29, 0.717) is 6.73 Å². The lowest BCUT2D eigenvalue weighted by Gasteiger charge is -2.23. The van der Waals surface area contributed by atoms with Gasteiger partial charge in [0.1, 0.15) is 6.73 Å². The van der Waals surface area contributed by atoms with Crippen LogP contribution >= 0.6 is 11.6 Å². The third-order valence-corrected chi connectivity index (χ3v) is 1.45. The lowest BCUT2D eigenvalue weighted by atomic mass is 10.4. The summed E-state index contributed by atoms with van der Waals surface area (Å²) < 4.78 is 4.96. The molecule has 1 aliphatic rings. The average molecular weight is 150 g/mol. The Balaban J connectivity index is 2.31. The molecule has 1 saturated heterocycles. The Morgan fingerprint density at radius 3 is 2.78 bits per heavy atom. The number of rotatable bonds is 0. The van der Waals surface area contributed by atoms with Crippen molar-refractivity contribution in [2.45, 2.75) is 6.42 Å². The standard InChI is InChI=1S/C5H8ClNO2/c6-5(8)7-2-1-3-9-4-7/h1-4H2. The molecule has 1 heterocycles. The molecular formula is C5H8ClNO2. The van der Waals surface area contributed by atoms with Crippen LogP contribution in [0.3, 0.4) is 0 Å². The van der Waals surface area contributed by atoms with E-state index in [1.165, 1.54) is 4.90 Å². The van der Waals surface area contributed by atoms with Gasteiger partial charge in [-0.15, -0.1) is 0 Å². The molecule has 0 N–H and O–H groups in total. The van der Waals surface area contributed by atoms with Crippen LogP contribution in [0.2, 0.25) is 0 Å². The topological polar surface area (TPSA) is 29.5 Å². The number of halogens is 1. The molecule has 0 aromatic rings. The Morgan fingerprint density at radius 2 is 2.44 bits per heavy atom. The van der Waals surface area contributed by atoms with Crippen molar-refractivity contribution in [1.29, 1.82) is 0 Å². The van der Waals surface area contributed by atoms with Crippen LogP contribution < -0.4 is 0 Å². The maximum absolute atomic E-state index is 10.4. The lowest BCUT2D eigenvalue weighted by Crippen LogP contribution is -2.34. The average Bonchev–Trinajstić information content (AvgIpc) is 1.90. The minimum absolute atomic E-state index is 0.350. The zero-order chi connectivity index (χ0) is 6.69. The van der Waals surface area contributed by atoms with Crippen molar-refractivity contribution in [3.8, 4) is 0 Å². The predicted octanol–water partition coefficient (Wildman–Crippen LogP) is 1.02. The molecule has 0 saturated carbocycles. The van der Waals surface area contributed by atoms with Gasteiger partial charge in [-0.05, 0) is 18.0 Å². The Labute approximate surface area is 58.5 Å². The van der Waals surface area contributed by atoms with Crippen LogP contribution in [0.1, 0.15) is 6.42 Å². The van der Waals surface area contributed by atoms with Crippen LogP contribution in [0.15, 0.2) is 0 Å². The molecule has 52 valence electrons. The molecule has 0 radical (unpaired) electrons. The molecule has 1 fully saturated rings. The van der Waals surface area contributed by atoms with Gasteiger partial charge < -0.3 is 9.64 Å². The lowest BCUT2D eigenvalue weighted by molar-refractivity contribution is 0.0148. The van der Waals surface area contributed by atoms with E-state index in [9.17, 15) is 4.79 Å². The van der Waals surface area contributed by atoms with E-state index >= 15 is 0 Å². The Hall–Kier alpha value is -0.280. The van der Waals surface area contributed by atoms with E-state index in [-0.39, 0.29) is 0 Å². The van der Waals surface area contributed by atoms with Gasteiger partial charge >= 0.3 is 5.37 Å². The summed E-state index contributed by atoms with van der Waals surface area (Å²) in [5.41, 5.74) is 0. The first-order valence-electron chi connectivity index (χ1n) is 2.83. The van der Waals surface area contributed by atoms with Crippen LogP contribution in [0, 0.1) is 0 Å². The predicted molar refractivity (Wildman–Crippen MR) is 33.4 cm³/mol. The summed E-state index contributed by atoms with van der Waals surface area (Å²) in [7, 11) is 0. The smallest absolute Gasteiger partial charge is 0.318 e. The van der Waals surface area contributed by atoms with Crippen LogP contribution in [0.5, 0.6) is 0 Å². The first kappa shape index (κ1) is 6.83. The molecule has 1 rings (SSSR count). The molecule has 4 heteroatoms. The highest BCUT2D eigenvalue weighted by molar-refractivity contribution is 6.62. The maximum Gasteiger partial charge on any atom is 0.318 e. The van der Waals surface area contributed by atoms with Crippen LogP contribution in [-0.2, 0) is 4.74 Å². The Morgan fingerprint density at radius 1 is 1.67 bits per heavy atom. The number of ether oxygens (including phenoxy) is 1. The second-order valence-electron chi connectivity index (χ2n) is 1.91. The normalized spacial score (nSPS) is 19.9. The molecule has 0 bridgehead atoms. The summed E-state index contributed by atoms with van der Waals surface area (Å²) in [6, 6.07) is 0. The fraction of sp³-hybridized carbons (Fsp3) is 0.800. The summed E-state index contributed by atoms with van der Waals surface area (Å²) in [6.07, 6.45) is 0.887. The largest absolute Gasteiger partial charge is 0.361 e. The molecule has 0 unspecified atom stereocenters. The Bertz CT molecular complexity index is 112. The van der Waals surface area contributed by atoms with Crippen LogP contribution in [-0.4, -0.2) is 30.1 Å². The van der Waals surface area contributed by atoms with Crippen molar-refractivity contribution in [2.75, 3.05) is 19.9 Å². The van der Waals surface area contributed by atoms with Gasteiger partial charge in [-0.25, -0.2) is 0 Å². The SMILES string of the molecule is O=C(Cl)N1CCCOC1. The number of nitrogens with zero attached hydrogens (tertiary/aromatic N) is 1. The molecule has 0 spiro atoms. The van der Waals surface area contributed by atoms with Gasteiger partial charge in [0.15, 0.2) is 0 Å². The van der Waals surface area contributed by atoms with Gasteiger partial charge in [0, 0.05) is 6.54 Å². The number of amides is 1. The Kier molecular flexibility index (Phi) is 2.30. The molecular weight excluding hydrogens is 142 g/mol. The van der Waals surface area contributed by atoms with Crippen molar-refractivity contribution >= 4 is 17.0 Å². The number of carbonyl (C=O) groups excluding carboxylic acids is 1. The summed E-state index contributed by atoms with van der Waals surface area (Å²) in [4.78, 5) is 11.9. The maximum atomic E-state index is 10.4. The van der Waals surface area contributed by atoms with E-state index in [4.69, 9.17) is 16.3 Å². The van der Waals surface area contributed by atoms with E-state index in [2.05, 4.69) is 0 Å². The minimum Gasteiger partial charge on any atom is -0.361 e. The molecule has 1 amide bonds. The number of hydrogen-bond donors (Lipinski definition) is 0. The highest BCUT2D eigenvalue weighted by atomic mass is 35.5. The van der Waals surface area contributed by atoms with Crippen LogP contribution in [0.4, 0.5) is 4.79 Å². The van der Waals surface area contributed by atoms with Crippen molar-refractivity contribution in [3.05, 3.63) is 0 Å². The van der Waals surface area contributed by atoms with Crippen molar-refractivity contribution in [2.24, 2.45) is 0 Å². The summed E-state index contributed by atoms with van der Waals surface area (Å²) in [5, 5.41) is -0.422. The van der Waals surface area contributed by atoms with Gasteiger partial charge in [-0.1, -0.05) is 0 Å². The second kappa shape index (κ2) is 3.03. The summed E-state index contributed by atoms with van der Waals surface area (Å²) in [6.45, 7) is 1.81. The van der Waals surface area contributed by atoms with E-state index in [1.54, 1.807) is 0 Å². The quantitative estimate of drug-likeness (QED) is 0.380. The molecule has 0 atom stereocenters. The molecule has 1 aliphatic heterocycles. The zero-order valence-corrected chi connectivity index (χ0v) is 5.73.